The second-order valence-electron chi connectivity index (χ2n) is 18.6. The molecule has 0 spiro atoms. The third-order valence-electron chi connectivity index (χ3n) is 9.39. The Morgan fingerprint density at radius 1 is 0.467 bits per heavy atom. The van der Waals surface area contributed by atoms with Crippen molar-refractivity contribution in [3.8, 4) is 22.6 Å². The Balaban J connectivity index is -0.000000732. The van der Waals surface area contributed by atoms with E-state index in [-0.39, 0.29) is 21.7 Å². The number of hydrogen-bond acceptors (Lipinski definition) is 2. The van der Waals surface area contributed by atoms with Gasteiger partial charge >= 0.3 is 0 Å². The second kappa shape index (κ2) is 31.2. The summed E-state index contributed by atoms with van der Waals surface area (Å²) in [4.78, 5) is 0. The van der Waals surface area contributed by atoms with Crippen LogP contribution in [0.5, 0.6) is 11.5 Å². The molecule has 4 rings (SSSR count). The zero-order chi connectivity index (χ0) is 47.5. The number of aromatic hydroxyl groups is 1. The SMILES string of the molecule is CC.CC.CC.CC(C)(C)c1ccc(O)c(C(C)(C)C)c1.CCC(CC)Oc1ccc(C(C)(C)C)cc1C(C)(C)C.CCCCC.Pc1ccc(-c2ccc(P)cc2)cc1. The normalized spacial score (nSPS) is 10.9. The number of phenols is 1. The van der Waals surface area contributed by atoms with Gasteiger partial charge in [0.25, 0.3) is 0 Å². The highest BCUT2D eigenvalue weighted by Gasteiger charge is 2.24. The largest absolute Gasteiger partial charge is 0.508 e. The fourth-order valence-corrected chi connectivity index (χ4v) is 6.01. The Kier molecular flexibility index (Phi) is 32.1. The summed E-state index contributed by atoms with van der Waals surface area (Å²) >= 11 is 0. The lowest BCUT2D eigenvalue weighted by molar-refractivity contribution is 0.188. The lowest BCUT2D eigenvalue weighted by Crippen LogP contribution is -2.20. The highest BCUT2D eigenvalue weighted by atomic mass is 31.0. The number of benzene rings is 4. The molecule has 0 aliphatic heterocycles. The van der Waals surface area contributed by atoms with Crippen LogP contribution in [0.2, 0.25) is 0 Å². The van der Waals surface area contributed by atoms with Crippen LogP contribution in [-0.4, -0.2) is 11.2 Å². The Morgan fingerprint density at radius 2 is 0.800 bits per heavy atom. The van der Waals surface area contributed by atoms with Crippen LogP contribution in [-0.2, 0) is 21.7 Å². The summed E-state index contributed by atoms with van der Waals surface area (Å²) in [6.45, 7) is 47.3. The summed E-state index contributed by atoms with van der Waals surface area (Å²) in [5, 5.41) is 12.3. The van der Waals surface area contributed by atoms with E-state index >= 15 is 0 Å². The predicted octanol–water partition coefficient (Wildman–Crippen LogP) is 17.5. The van der Waals surface area contributed by atoms with Gasteiger partial charge in [0.15, 0.2) is 0 Å². The molecule has 0 amide bonds. The van der Waals surface area contributed by atoms with Gasteiger partial charge < -0.3 is 9.84 Å². The van der Waals surface area contributed by atoms with E-state index < -0.39 is 0 Å². The van der Waals surface area contributed by atoms with Crippen LogP contribution in [0.4, 0.5) is 0 Å². The Labute approximate surface area is 379 Å². The van der Waals surface area contributed by atoms with E-state index in [0.717, 1.165) is 24.2 Å². The summed E-state index contributed by atoms with van der Waals surface area (Å²) in [6, 6.07) is 29.6. The molecular weight excluding hydrogens is 767 g/mol. The monoisotopic (exact) mass is 863 g/mol. The fraction of sp³-hybridized carbons (Fsp3) is 0.571. The average Bonchev–Trinajstić information content (AvgIpc) is 3.19. The van der Waals surface area contributed by atoms with E-state index in [4.69, 9.17) is 4.74 Å². The molecule has 0 radical (unpaired) electrons. The molecule has 4 heteroatoms. The molecular formula is C56H96O2P2. The van der Waals surface area contributed by atoms with Crippen molar-refractivity contribution < 1.29 is 9.84 Å². The summed E-state index contributed by atoms with van der Waals surface area (Å²) in [7, 11) is 5.39. The van der Waals surface area contributed by atoms with Crippen molar-refractivity contribution in [2.24, 2.45) is 0 Å². The van der Waals surface area contributed by atoms with E-state index in [2.05, 4.69) is 202 Å². The van der Waals surface area contributed by atoms with Crippen LogP contribution in [0, 0.1) is 0 Å². The zero-order valence-electron chi connectivity index (χ0n) is 43.2. The highest BCUT2D eigenvalue weighted by Crippen LogP contribution is 2.37. The van der Waals surface area contributed by atoms with Crippen molar-refractivity contribution in [2.45, 2.75) is 212 Å². The molecule has 1 N–H and O–H groups in total. The minimum absolute atomic E-state index is 0.00859. The molecule has 342 valence electrons. The summed E-state index contributed by atoms with van der Waals surface area (Å²) < 4.78 is 6.24. The summed E-state index contributed by atoms with van der Waals surface area (Å²) in [5.41, 5.74) is 7.91. The number of ether oxygens (including phenoxy) is 1. The smallest absolute Gasteiger partial charge is 0.123 e. The molecule has 0 bridgehead atoms. The van der Waals surface area contributed by atoms with Crippen molar-refractivity contribution in [1.82, 2.24) is 0 Å². The Bertz CT molecular complexity index is 1590. The third kappa shape index (κ3) is 24.7. The molecule has 0 aromatic heterocycles. The molecule has 0 fully saturated rings. The van der Waals surface area contributed by atoms with E-state index in [1.807, 2.05) is 47.6 Å². The highest BCUT2D eigenvalue weighted by molar-refractivity contribution is 7.27. The van der Waals surface area contributed by atoms with Gasteiger partial charge in [-0.3, -0.25) is 0 Å². The molecule has 0 saturated heterocycles. The van der Waals surface area contributed by atoms with Gasteiger partial charge in [-0.25, -0.2) is 0 Å². The molecule has 2 atom stereocenters. The topological polar surface area (TPSA) is 29.5 Å². The first-order valence-corrected chi connectivity index (χ1v) is 24.4. The lowest BCUT2D eigenvalue weighted by atomic mass is 9.80. The van der Waals surface area contributed by atoms with Crippen LogP contribution < -0.4 is 15.3 Å². The first-order chi connectivity index (χ1) is 27.9. The van der Waals surface area contributed by atoms with Crippen molar-refractivity contribution in [1.29, 1.82) is 0 Å². The molecule has 0 heterocycles. The van der Waals surface area contributed by atoms with E-state index in [9.17, 15) is 5.11 Å². The van der Waals surface area contributed by atoms with E-state index in [0.29, 0.717) is 11.9 Å². The number of rotatable bonds is 7. The van der Waals surface area contributed by atoms with Gasteiger partial charge in [0.05, 0.1) is 6.10 Å². The lowest BCUT2D eigenvalue weighted by Gasteiger charge is -2.28. The first-order valence-electron chi connectivity index (χ1n) is 23.3. The third-order valence-corrected chi connectivity index (χ3v) is 10.2. The van der Waals surface area contributed by atoms with Gasteiger partial charge in [-0.05, 0) is 90.6 Å². The van der Waals surface area contributed by atoms with E-state index in [1.165, 1.54) is 57.7 Å². The van der Waals surface area contributed by atoms with Gasteiger partial charge in [0.2, 0.25) is 0 Å². The minimum atomic E-state index is -0.00859. The van der Waals surface area contributed by atoms with Gasteiger partial charge in [-0.2, -0.15) is 0 Å². The zero-order valence-corrected chi connectivity index (χ0v) is 45.5. The van der Waals surface area contributed by atoms with Gasteiger partial charge in [-0.1, -0.05) is 244 Å². The van der Waals surface area contributed by atoms with Gasteiger partial charge in [0, 0.05) is 0 Å². The van der Waals surface area contributed by atoms with Crippen molar-refractivity contribution in [2.75, 3.05) is 0 Å². The van der Waals surface area contributed by atoms with Gasteiger partial charge in [0.1, 0.15) is 11.5 Å². The number of hydrogen-bond donors (Lipinski definition) is 1. The van der Waals surface area contributed by atoms with Crippen LogP contribution in [0.3, 0.4) is 0 Å². The van der Waals surface area contributed by atoms with Gasteiger partial charge in [-0.15, -0.1) is 18.5 Å². The van der Waals surface area contributed by atoms with Crippen molar-refractivity contribution in [3.05, 3.63) is 107 Å². The average molecular weight is 863 g/mol. The molecule has 0 aliphatic rings. The standard InChI is InChI=1S/C19H32O.C14H22O.C12H12P2.C5H12.3C2H6/c1-9-15(10-2)20-17-12-11-14(18(3,4)5)13-16(17)19(6,7)8;1-13(2,3)10-7-8-12(15)11(9-10)14(4,5)6;13-11-5-1-9(2-6-11)10-3-7-12(14)8-4-10;1-3-5-4-2;3*1-2/h11-13,15H,9-10H2,1-8H3;7-9,15H,1-6H3;1-8H,13-14H2;3-5H2,1-2H3;3*1-2H3. The maximum atomic E-state index is 9.84. The molecule has 4 aromatic rings. The van der Waals surface area contributed by atoms with Crippen molar-refractivity contribution in [3.63, 3.8) is 0 Å². The van der Waals surface area contributed by atoms with Crippen LogP contribution >= 0.6 is 18.5 Å². The molecule has 0 aliphatic carbocycles. The van der Waals surface area contributed by atoms with Crippen LogP contribution in [0.25, 0.3) is 11.1 Å². The molecule has 2 unspecified atom stereocenters. The maximum Gasteiger partial charge on any atom is 0.123 e. The summed E-state index contributed by atoms with van der Waals surface area (Å²) in [5.74, 6) is 1.45. The molecule has 60 heavy (non-hydrogen) atoms. The van der Waals surface area contributed by atoms with Crippen LogP contribution in [0.15, 0.2) is 84.9 Å². The minimum Gasteiger partial charge on any atom is -0.508 e. The summed E-state index contributed by atoms with van der Waals surface area (Å²) in [6.07, 6.45) is 6.51. The predicted molar refractivity (Wildman–Crippen MR) is 284 cm³/mol. The number of phenolic OH excluding ortho intramolecular Hbond substituents is 1. The molecule has 2 nitrogen and oxygen atoms in total. The fourth-order valence-electron chi connectivity index (χ4n) is 5.63. The first kappa shape index (κ1) is 61.6. The number of unbranched alkanes of at least 4 members (excludes halogenated alkanes) is 2. The molecule has 4 aromatic carbocycles. The van der Waals surface area contributed by atoms with Crippen molar-refractivity contribution >= 4 is 29.1 Å². The van der Waals surface area contributed by atoms with E-state index in [1.54, 1.807) is 6.07 Å². The molecule has 0 saturated carbocycles. The second-order valence-corrected chi connectivity index (χ2v) is 19.9. The van der Waals surface area contributed by atoms with Crippen LogP contribution in [0.1, 0.15) is 207 Å². The Morgan fingerprint density at radius 3 is 1.08 bits per heavy atom. The quantitative estimate of drug-likeness (QED) is 0.188. The maximum absolute atomic E-state index is 9.84. The Hall–Kier alpha value is -2.66.